The van der Waals surface area contributed by atoms with E-state index in [2.05, 4.69) is 0 Å². The minimum atomic E-state index is -3.23. The van der Waals surface area contributed by atoms with Gasteiger partial charge in [-0.3, -0.25) is 4.31 Å². The zero-order chi connectivity index (χ0) is 14.0. The standard InChI is InChI=1S/C14H22N2O2S/c1-11(2)10-19(17,18)16-9-12(7-8-15)13-5-3-4-6-14(13)16/h3-6,11-12H,7-10,15H2,1-2H3. The van der Waals surface area contributed by atoms with Crippen molar-refractivity contribution in [2.45, 2.75) is 26.2 Å². The van der Waals surface area contributed by atoms with E-state index in [1.807, 2.05) is 38.1 Å². The summed E-state index contributed by atoms with van der Waals surface area (Å²) < 4.78 is 26.5. The summed E-state index contributed by atoms with van der Waals surface area (Å²) in [6.07, 6.45) is 0.824. The fourth-order valence-electron chi connectivity index (χ4n) is 2.68. The maximum atomic E-state index is 12.5. The molecule has 0 aromatic heterocycles. The summed E-state index contributed by atoms with van der Waals surface area (Å²) in [6.45, 7) is 4.97. The number of hydrogen-bond acceptors (Lipinski definition) is 3. The van der Waals surface area contributed by atoms with E-state index in [-0.39, 0.29) is 17.6 Å². The first kappa shape index (κ1) is 14.3. The first-order chi connectivity index (χ1) is 8.95. The predicted octanol–water partition coefficient (Wildman–Crippen LogP) is 1.92. The topological polar surface area (TPSA) is 63.4 Å². The lowest BCUT2D eigenvalue weighted by Crippen LogP contribution is -2.33. The van der Waals surface area contributed by atoms with Crippen LogP contribution in [0.15, 0.2) is 24.3 Å². The summed E-state index contributed by atoms with van der Waals surface area (Å²) in [5.74, 6) is 0.547. The molecule has 1 aromatic rings. The number of anilines is 1. The Labute approximate surface area is 115 Å². The van der Waals surface area contributed by atoms with Gasteiger partial charge in [0, 0.05) is 12.5 Å². The maximum Gasteiger partial charge on any atom is 0.235 e. The molecule has 1 atom stereocenters. The normalized spacial score (nSPS) is 18.9. The van der Waals surface area contributed by atoms with Crippen LogP contribution in [0.1, 0.15) is 31.7 Å². The number of hydrogen-bond donors (Lipinski definition) is 1. The van der Waals surface area contributed by atoms with E-state index in [1.165, 1.54) is 0 Å². The lowest BCUT2D eigenvalue weighted by molar-refractivity contribution is 0.573. The number of benzene rings is 1. The van der Waals surface area contributed by atoms with Gasteiger partial charge in [0.05, 0.1) is 11.4 Å². The van der Waals surface area contributed by atoms with Crippen molar-refractivity contribution < 1.29 is 8.42 Å². The van der Waals surface area contributed by atoms with Crippen molar-refractivity contribution in [1.29, 1.82) is 0 Å². The van der Waals surface area contributed by atoms with E-state index in [4.69, 9.17) is 5.73 Å². The first-order valence-electron chi connectivity index (χ1n) is 6.75. The van der Waals surface area contributed by atoms with Crippen molar-refractivity contribution in [3.8, 4) is 0 Å². The predicted molar refractivity (Wildman–Crippen MR) is 78.8 cm³/mol. The summed E-state index contributed by atoms with van der Waals surface area (Å²) in [7, 11) is -3.23. The molecule has 1 aliphatic heterocycles. The first-order valence-corrected chi connectivity index (χ1v) is 8.36. The van der Waals surface area contributed by atoms with E-state index in [0.717, 1.165) is 17.7 Å². The summed E-state index contributed by atoms with van der Waals surface area (Å²) in [4.78, 5) is 0. The Morgan fingerprint density at radius 1 is 1.37 bits per heavy atom. The second kappa shape index (κ2) is 5.51. The zero-order valence-corrected chi connectivity index (χ0v) is 12.4. The molecule has 19 heavy (non-hydrogen) atoms. The molecule has 106 valence electrons. The van der Waals surface area contributed by atoms with Crippen molar-refractivity contribution in [2.75, 3.05) is 23.1 Å². The van der Waals surface area contributed by atoms with Gasteiger partial charge in [-0.05, 0) is 30.5 Å². The van der Waals surface area contributed by atoms with Crippen LogP contribution in [0.25, 0.3) is 0 Å². The molecular weight excluding hydrogens is 260 g/mol. The van der Waals surface area contributed by atoms with Crippen molar-refractivity contribution in [3.63, 3.8) is 0 Å². The lowest BCUT2D eigenvalue weighted by Gasteiger charge is -2.21. The minimum absolute atomic E-state index is 0.130. The van der Waals surface area contributed by atoms with E-state index >= 15 is 0 Å². The fraction of sp³-hybridized carbons (Fsp3) is 0.571. The maximum absolute atomic E-state index is 12.5. The molecule has 0 amide bonds. The van der Waals surface area contributed by atoms with Crippen LogP contribution in [0.5, 0.6) is 0 Å². The van der Waals surface area contributed by atoms with Crippen molar-refractivity contribution in [3.05, 3.63) is 29.8 Å². The summed E-state index contributed by atoms with van der Waals surface area (Å²) in [6, 6.07) is 7.76. The van der Waals surface area contributed by atoms with Gasteiger partial charge in [-0.1, -0.05) is 32.0 Å². The fourth-order valence-corrected chi connectivity index (χ4v) is 4.57. The molecule has 1 unspecified atom stereocenters. The average molecular weight is 282 g/mol. The number of rotatable bonds is 5. The third-order valence-corrected chi connectivity index (χ3v) is 5.53. The lowest BCUT2D eigenvalue weighted by atomic mass is 9.98. The molecule has 1 aromatic carbocycles. The highest BCUT2D eigenvalue weighted by Crippen LogP contribution is 2.39. The molecule has 0 aliphatic carbocycles. The van der Waals surface area contributed by atoms with Crippen LogP contribution in [0.4, 0.5) is 5.69 Å². The number of para-hydroxylation sites is 1. The van der Waals surface area contributed by atoms with Crippen molar-refractivity contribution in [1.82, 2.24) is 0 Å². The molecule has 0 radical (unpaired) electrons. The zero-order valence-electron chi connectivity index (χ0n) is 11.5. The number of fused-ring (bicyclic) bond motifs is 1. The van der Waals surface area contributed by atoms with Crippen LogP contribution in [-0.2, 0) is 10.0 Å². The third kappa shape index (κ3) is 2.92. The average Bonchev–Trinajstić information content (AvgIpc) is 2.68. The van der Waals surface area contributed by atoms with Gasteiger partial charge in [0.2, 0.25) is 10.0 Å². The Morgan fingerprint density at radius 3 is 2.68 bits per heavy atom. The van der Waals surface area contributed by atoms with Crippen LogP contribution in [0.3, 0.4) is 0 Å². The molecule has 0 saturated heterocycles. The molecule has 0 saturated carbocycles. The van der Waals surface area contributed by atoms with Crippen LogP contribution in [0.2, 0.25) is 0 Å². The van der Waals surface area contributed by atoms with Crippen LogP contribution >= 0.6 is 0 Å². The number of sulfonamides is 1. The Kier molecular flexibility index (Phi) is 4.16. The molecule has 2 rings (SSSR count). The second-order valence-corrected chi connectivity index (χ2v) is 7.47. The largest absolute Gasteiger partial charge is 0.330 e. The van der Waals surface area contributed by atoms with Gasteiger partial charge in [-0.25, -0.2) is 8.42 Å². The van der Waals surface area contributed by atoms with Gasteiger partial charge in [0.15, 0.2) is 0 Å². The number of nitrogens with zero attached hydrogens (tertiary/aromatic N) is 1. The van der Waals surface area contributed by atoms with Gasteiger partial charge in [0.25, 0.3) is 0 Å². The molecule has 2 N–H and O–H groups in total. The smallest absolute Gasteiger partial charge is 0.235 e. The molecule has 1 aliphatic rings. The van der Waals surface area contributed by atoms with Gasteiger partial charge < -0.3 is 5.73 Å². The summed E-state index contributed by atoms with van der Waals surface area (Å²) in [5.41, 5.74) is 7.58. The number of nitrogens with two attached hydrogens (primary N) is 1. The molecule has 0 bridgehead atoms. The summed E-state index contributed by atoms with van der Waals surface area (Å²) >= 11 is 0. The van der Waals surface area contributed by atoms with E-state index in [9.17, 15) is 8.42 Å². The van der Waals surface area contributed by atoms with E-state index < -0.39 is 10.0 Å². The molecule has 0 fully saturated rings. The van der Waals surface area contributed by atoms with E-state index in [0.29, 0.717) is 13.1 Å². The van der Waals surface area contributed by atoms with Gasteiger partial charge in [-0.15, -0.1) is 0 Å². The summed E-state index contributed by atoms with van der Waals surface area (Å²) in [5, 5.41) is 0. The second-order valence-electron chi connectivity index (χ2n) is 5.54. The highest BCUT2D eigenvalue weighted by molar-refractivity contribution is 7.92. The van der Waals surface area contributed by atoms with Crippen molar-refractivity contribution in [2.24, 2.45) is 11.7 Å². The van der Waals surface area contributed by atoms with E-state index in [1.54, 1.807) is 4.31 Å². The van der Waals surface area contributed by atoms with Gasteiger partial charge in [0.1, 0.15) is 0 Å². The highest BCUT2D eigenvalue weighted by atomic mass is 32.2. The van der Waals surface area contributed by atoms with Gasteiger partial charge >= 0.3 is 0 Å². The van der Waals surface area contributed by atoms with Crippen molar-refractivity contribution >= 4 is 15.7 Å². The molecular formula is C14H22N2O2S. The molecule has 1 heterocycles. The Hall–Kier alpha value is -1.07. The molecule has 0 spiro atoms. The Bertz CT molecular complexity index is 540. The molecule has 5 heteroatoms. The van der Waals surface area contributed by atoms with Gasteiger partial charge in [-0.2, -0.15) is 0 Å². The molecule has 4 nitrogen and oxygen atoms in total. The highest BCUT2D eigenvalue weighted by Gasteiger charge is 2.35. The Balaban J connectivity index is 2.35. The third-order valence-electron chi connectivity index (χ3n) is 3.43. The quantitative estimate of drug-likeness (QED) is 0.897. The van der Waals surface area contributed by atoms with Crippen LogP contribution < -0.4 is 10.0 Å². The Morgan fingerprint density at radius 2 is 2.05 bits per heavy atom. The minimum Gasteiger partial charge on any atom is -0.330 e. The SMILES string of the molecule is CC(C)CS(=O)(=O)N1CC(CCN)c2ccccc21. The van der Waals surface area contributed by atoms with Crippen LogP contribution in [-0.4, -0.2) is 27.3 Å². The monoisotopic (exact) mass is 282 g/mol. The van der Waals surface area contributed by atoms with Crippen LogP contribution in [0, 0.1) is 5.92 Å².